The molecule has 0 aliphatic carbocycles. The van der Waals surface area contributed by atoms with Crippen LogP contribution in [0.4, 0.5) is 11.4 Å². The van der Waals surface area contributed by atoms with E-state index in [9.17, 15) is 9.59 Å². The van der Waals surface area contributed by atoms with Crippen LogP contribution in [0.2, 0.25) is 5.02 Å². The largest absolute Gasteiger partial charge is 0.492 e. The van der Waals surface area contributed by atoms with Crippen LogP contribution in [-0.4, -0.2) is 18.4 Å². The van der Waals surface area contributed by atoms with Gasteiger partial charge < -0.3 is 15.4 Å². The van der Waals surface area contributed by atoms with E-state index in [0.29, 0.717) is 34.3 Å². The van der Waals surface area contributed by atoms with Crippen LogP contribution >= 0.6 is 11.6 Å². The Morgan fingerprint density at radius 2 is 1.69 bits per heavy atom. The van der Waals surface area contributed by atoms with Gasteiger partial charge in [0.15, 0.2) is 0 Å². The number of ether oxygens (including phenoxy) is 1. The number of benzene rings is 3. The maximum Gasteiger partial charge on any atom is 0.255 e. The van der Waals surface area contributed by atoms with E-state index in [0.717, 1.165) is 5.56 Å². The SMILES string of the molecule is CCOc1ccccc1NC(=O)c1cccc(NC(=O)Cc2ccc(Cl)cc2)c1. The first-order valence-corrected chi connectivity index (χ1v) is 9.60. The van der Waals surface area contributed by atoms with Crippen molar-refractivity contribution in [1.82, 2.24) is 0 Å². The van der Waals surface area contributed by atoms with Crippen LogP contribution in [0.5, 0.6) is 5.75 Å². The Hall–Kier alpha value is -3.31. The summed E-state index contributed by atoms with van der Waals surface area (Å²) in [5.74, 6) is 0.147. The fourth-order valence-electron chi connectivity index (χ4n) is 2.78. The molecular formula is C23H21ClN2O3. The van der Waals surface area contributed by atoms with Crippen molar-refractivity contribution in [2.24, 2.45) is 0 Å². The molecule has 0 saturated heterocycles. The molecule has 0 unspecified atom stereocenters. The predicted octanol–water partition coefficient (Wildman–Crippen LogP) is 5.17. The Balaban J connectivity index is 1.66. The smallest absolute Gasteiger partial charge is 0.255 e. The Morgan fingerprint density at radius 3 is 2.45 bits per heavy atom. The van der Waals surface area contributed by atoms with E-state index < -0.39 is 0 Å². The molecule has 3 aromatic carbocycles. The Labute approximate surface area is 174 Å². The zero-order valence-electron chi connectivity index (χ0n) is 15.9. The molecular weight excluding hydrogens is 388 g/mol. The first-order chi connectivity index (χ1) is 14.0. The molecule has 0 heterocycles. The molecule has 0 aliphatic heterocycles. The third kappa shape index (κ3) is 5.83. The van der Waals surface area contributed by atoms with Gasteiger partial charge in [-0.05, 0) is 55.0 Å². The summed E-state index contributed by atoms with van der Waals surface area (Å²) in [4.78, 5) is 24.9. The lowest BCUT2D eigenvalue weighted by atomic mass is 10.1. The van der Waals surface area contributed by atoms with Crippen LogP contribution in [0, 0.1) is 0 Å². The van der Waals surface area contributed by atoms with Crippen molar-refractivity contribution in [3.05, 3.63) is 88.9 Å². The predicted molar refractivity (Wildman–Crippen MR) is 116 cm³/mol. The molecule has 0 fully saturated rings. The lowest BCUT2D eigenvalue weighted by molar-refractivity contribution is -0.115. The molecule has 0 aliphatic rings. The summed E-state index contributed by atoms with van der Waals surface area (Å²) in [5.41, 5.74) is 2.43. The van der Waals surface area contributed by atoms with E-state index in [1.54, 1.807) is 48.5 Å². The van der Waals surface area contributed by atoms with Gasteiger partial charge in [0, 0.05) is 16.3 Å². The van der Waals surface area contributed by atoms with Gasteiger partial charge in [-0.1, -0.05) is 41.9 Å². The third-order valence-electron chi connectivity index (χ3n) is 4.12. The average molecular weight is 409 g/mol. The normalized spacial score (nSPS) is 10.3. The molecule has 0 aromatic heterocycles. The summed E-state index contributed by atoms with van der Waals surface area (Å²) in [6, 6.07) is 21.1. The summed E-state index contributed by atoms with van der Waals surface area (Å²) >= 11 is 5.86. The van der Waals surface area contributed by atoms with Gasteiger partial charge in [0.1, 0.15) is 5.75 Å². The highest BCUT2D eigenvalue weighted by Gasteiger charge is 2.11. The Bertz CT molecular complexity index is 1000. The van der Waals surface area contributed by atoms with Crippen LogP contribution in [-0.2, 0) is 11.2 Å². The second-order valence-corrected chi connectivity index (χ2v) is 6.75. The molecule has 6 heteroatoms. The number of anilines is 2. The van der Waals surface area contributed by atoms with Gasteiger partial charge >= 0.3 is 0 Å². The molecule has 3 aromatic rings. The van der Waals surface area contributed by atoms with Crippen LogP contribution in [0.1, 0.15) is 22.8 Å². The van der Waals surface area contributed by atoms with E-state index >= 15 is 0 Å². The van der Waals surface area contributed by atoms with Crippen LogP contribution in [0.25, 0.3) is 0 Å². The first-order valence-electron chi connectivity index (χ1n) is 9.22. The molecule has 3 rings (SSSR count). The Morgan fingerprint density at radius 1 is 0.931 bits per heavy atom. The number of carbonyl (C=O) groups excluding carboxylic acids is 2. The van der Waals surface area contributed by atoms with Gasteiger partial charge in [0.25, 0.3) is 5.91 Å². The topological polar surface area (TPSA) is 67.4 Å². The van der Waals surface area contributed by atoms with Crippen molar-refractivity contribution >= 4 is 34.8 Å². The summed E-state index contributed by atoms with van der Waals surface area (Å²) in [6.45, 7) is 2.39. The van der Waals surface area contributed by atoms with E-state index in [2.05, 4.69) is 10.6 Å². The molecule has 0 saturated carbocycles. The molecule has 29 heavy (non-hydrogen) atoms. The summed E-state index contributed by atoms with van der Waals surface area (Å²) in [5, 5.41) is 6.29. The minimum absolute atomic E-state index is 0.174. The molecule has 0 radical (unpaired) electrons. The summed E-state index contributed by atoms with van der Waals surface area (Å²) < 4.78 is 5.53. The van der Waals surface area contributed by atoms with Crippen molar-refractivity contribution < 1.29 is 14.3 Å². The molecule has 2 N–H and O–H groups in total. The minimum atomic E-state index is -0.286. The molecule has 2 amide bonds. The lowest BCUT2D eigenvalue weighted by Gasteiger charge is -2.12. The van der Waals surface area contributed by atoms with Crippen molar-refractivity contribution in [2.45, 2.75) is 13.3 Å². The maximum absolute atomic E-state index is 12.6. The summed E-state index contributed by atoms with van der Waals surface area (Å²) in [6.07, 6.45) is 0.218. The van der Waals surface area contributed by atoms with Gasteiger partial charge in [-0.15, -0.1) is 0 Å². The number of rotatable bonds is 7. The van der Waals surface area contributed by atoms with E-state index in [1.807, 2.05) is 31.2 Å². The molecule has 0 bridgehead atoms. The lowest BCUT2D eigenvalue weighted by Crippen LogP contribution is -2.16. The van der Waals surface area contributed by atoms with Gasteiger partial charge in [-0.3, -0.25) is 9.59 Å². The van der Waals surface area contributed by atoms with Crippen LogP contribution in [0.3, 0.4) is 0 Å². The molecule has 0 spiro atoms. The Kier molecular flexibility index (Phi) is 6.87. The quantitative estimate of drug-likeness (QED) is 0.566. The highest BCUT2D eigenvalue weighted by Crippen LogP contribution is 2.24. The average Bonchev–Trinajstić information content (AvgIpc) is 2.71. The highest BCUT2D eigenvalue weighted by molar-refractivity contribution is 6.30. The van der Waals surface area contributed by atoms with Crippen molar-refractivity contribution in [1.29, 1.82) is 0 Å². The number of halogens is 1. The van der Waals surface area contributed by atoms with Gasteiger partial charge in [0.05, 0.1) is 18.7 Å². The molecule has 5 nitrogen and oxygen atoms in total. The maximum atomic E-state index is 12.6. The van der Waals surface area contributed by atoms with Crippen molar-refractivity contribution in [3.63, 3.8) is 0 Å². The van der Waals surface area contributed by atoms with E-state index in [1.165, 1.54) is 0 Å². The second kappa shape index (κ2) is 9.75. The minimum Gasteiger partial charge on any atom is -0.492 e. The number of para-hydroxylation sites is 2. The molecule has 148 valence electrons. The van der Waals surface area contributed by atoms with E-state index in [4.69, 9.17) is 16.3 Å². The van der Waals surface area contributed by atoms with Crippen molar-refractivity contribution in [3.8, 4) is 5.75 Å². The van der Waals surface area contributed by atoms with Crippen LogP contribution in [0.15, 0.2) is 72.8 Å². The number of amides is 2. The monoisotopic (exact) mass is 408 g/mol. The highest BCUT2D eigenvalue weighted by atomic mass is 35.5. The second-order valence-electron chi connectivity index (χ2n) is 6.32. The number of hydrogen-bond acceptors (Lipinski definition) is 3. The van der Waals surface area contributed by atoms with Gasteiger partial charge in [0.2, 0.25) is 5.91 Å². The van der Waals surface area contributed by atoms with E-state index in [-0.39, 0.29) is 18.2 Å². The van der Waals surface area contributed by atoms with Crippen molar-refractivity contribution in [2.75, 3.05) is 17.2 Å². The van der Waals surface area contributed by atoms with Crippen LogP contribution < -0.4 is 15.4 Å². The summed E-state index contributed by atoms with van der Waals surface area (Å²) in [7, 11) is 0. The van der Waals surface area contributed by atoms with Gasteiger partial charge in [-0.25, -0.2) is 0 Å². The number of carbonyl (C=O) groups is 2. The van der Waals surface area contributed by atoms with Gasteiger partial charge in [-0.2, -0.15) is 0 Å². The fraction of sp³-hybridized carbons (Fsp3) is 0.130. The first kappa shape index (κ1) is 20.4. The third-order valence-corrected chi connectivity index (χ3v) is 4.37. The number of hydrogen-bond donors (Lipinski definition) is 2. The standard InChI is InChI=1S/C23H21ClN2O3/c1-2-29-21-9-4-3-8-20(21)26-23(28)17-6-5-7-19(15-17)25-22(27)14-16-10-12-18(24)13-11-16/h3-13,15H,2,14H2,1H3,(H,25,27)(H,26,28). The zero-order valence-corrected chi connectivity index (χ0v) is 16.7. The number of nitrogens with one attached hydrogen (secondary N) is 2. The molecule has 0 atom stereocenters. The fourth-order valence-corrected chi connectivity index (χ4v) is 2.90. The zero-order chi connectivity index (χ0) is 20.6.